The van der Waals surface area contributed by atoms with Gasteiger partial charge in [-0.1, -0.05) is 20.8 Å². The number of ether oxygens (including phenoxy) is 1. The van der Waals surface area contributed by atoms with Crippen molar-refractivity contribution in [2.45, 2.75) is 65.3 Å². The standard InChI is InChI=1S/C9H17O.C8H14NO.2CH3.2Y/c1-4-9(7-10-3)6-5-8(9)2;1-6-4-5-8(6,9-3)7(2)10;;;;/h8H,3-7H2,1-2H3;6,9H,3-5H2,1-2H3;2*1H3;;/q4*-1;;. The maximum Gasteiger partial charge on any atom is 0.147 e. The van der Waals surface area contributed by atoms with Gasteiger partial charge in [-0.15, -0.1) is 0 Å². The van der Waals surface area contributed by atoms with Crippen molar-refractivity contribution < 1.29 is 74.9 Å². The third kappa shape index (κ3) is 7.08. The number of nitrogens with one attached hydrogen (secondary N) is 1. The molecule has 24 heavy (non-hydrogen) atoms. The van der Waals surface area contributed by atoms with Crippen molar-refractivity contribution in [1.82, 2.24) is 5.32 Å². The molecule has 0 amide bonds. The van der Waals surface area contributed by atoms with Gasteiger partial charge in [-0.25, -0.2) is 7.11 Å². The van der Waals surface area contributed by atoms with E-state index in [4.69, 9.17) is 4.74 Å². The maximum atomic E-state index is 11.1. The van der Waals surface area contributed by atoms with Crippen LogP contribution in [0.25, 0.3) is 0 Å². The van der Waals surface area contributed by atoms with Crippen LogP contribution >= 0.6 is 0 Å². The number of hydrogen-bond acceptors (Lipinski definition) is 3. The molecule has 2 aliphatic rings. The van der Waals surface area contributed by atoms with Crippen molar-refractivity contribution in [2.24, 2.45) is 17.3 Å². The summed E-state index contributed by atoms with van der Waals surface area (Å²) in [6, 6.07) is 0. The largest absolute Gasteiger partial charge is 0.555 e. The average molecular weight is 489 g/mol. The van der Waals surface area contributed by atoms with Crippen LogP contribution in [-0.2, 0) is 74.9 Å². The smallest absolute Gasteiger partial charge is 0.147 e. The molecule has 2 fully saturated rings. The van der Waals surface area contributed by atoms with Gasteiger partial charge in [-0.3, -0.25) is 11.8 Å². The van der Waals surface area contributed by atoms with E-state index in [0.717, 1.165) is 25.4 Å². The van der Waals surface area contributed by atoms with Crippen molar-refractivity contribution in [3.05, 3.63) is 29.0 Å². The summed E-state index contributed by atoms with van der Waals surface area (Å²) in [6.45, 7) is 9.13. The first kappa shape index (κ1) is 33.4. The second-order valence-corrected chi connectivity index (χ2v) is 6.65. The van der Waals surface area contributed by atoms with Crippen LogP contribution in [0.4, 0.5) is 0 Å². The molecule has 2 aliphatic carbocycles. The Morgan fingerprint density at radius 1 is 1.17 bits per heavy atom. The first-order valence-corrected chi connectivity index (χ1v) is 7.80. The third-order valence-corrected chi connectivity index (χ3v) is 5.97. The van der Waals surface area contributed by atoms with Gasteiger partial charge in [0.2, 0.25) is 0 Å². The second-order valence-electron chi connectivity index (χ2n) is 6.65. The molecule has 0 heterocycles. The molecule has 2 radical (unpaired) electrons. The van der Waals surface area contributed by atoms with Crippen molar-refractivity contribution in [3.63, 3.8) is 0 Å². The Labute approximate surface area is 202 Å². The van der Waals surface area contributed by atoms with E-state index in [1.54, 1.807) is 6.92 Å². The quantitative estimate of drug-likeness (QED) is 0.572. The van der Waals surface area contributed by atoms with Gasteiger partial charge >= 0.3 is 0 Å². The zero-order valence-electron chi connectivity index (χ0n) is 16.8. The molecular weight excluding hydrogens is 452 g/mol. The normalized spacial score (nSPS) is 32.6. The number of rotatable bonds is 5. The van der Waals surface area contributed by atoms with Gasteiger partial charge in [-0.2, -0.15) is 0 Å². The minimum absolute atomic E-state index is 0. The molecule has 140 valence electrons. The fourth-order valence-corrected chi connectivity index (χ4v) is 3.52. The molecule has 4 unspecified atom stereocenters. The Morgan fingerprint density at radius 2 is 1.67 bits per heavy atom. The molecule has 0 aromatic heterocycles. The van der Waals surface area contributed by atoms with Crippen molar-refractivity contribution in [3.8, 4) is 0 Å². The molecule has 0 bridgehead atoms. The van der Waals surface area contributed by atoms with E-state index in [1.165, 1.54) is 19.3 Å². The summed E-state index contributed by atoms with van der Waals surface area (Å²) in [4.78, 5) is 11.1. The molecule has 0 saturated heterocycles. The number of Topliss-reactive ketones (excluding diaryl/α,β-unsaturated/α-hetero) is 1. The Morgan fingerprint density at radius 3 is 1.71 bits per heavy atom. The Bertz CT molecular complexity index is 333. The van der Waals surface area contributed by atoms with Crippen molar-refractivity contribution in [2.75, 3.05) is 6.61 Å². The summed E-state index contributed by atoms with van der Waals surface area (Å²) in [5.74, 6) is 1.53. The van der Waals surface area contributed by atoms with E-state index in [-0.39, 0.29) is 91.6 Å². The molecule has 2 rings (SSSR count). The zero-order valence-corrected chi connectivity index (χ0v) is 22.5. The maximum absolute atomic E-state index is 11.1. The first-order chi connectivity index (χ1) is 9.38. The average Bonchev–Trinajstić information content (AvgIpc) is 2.42. The van der Waals surface area contributed by atoms with Gasteiger partial charge in [0.25, 0.3) is 0 Å². The van der Waals surface area contributed by atoms with Gasteiger partial charge in [0, 0.05) is 72.0 Å². The minimum Gasteiger partial charge on any atom is -0.555 e. The molecule has 0 aromatic rings. The van der Waals surface area contributed by atoms with E-state index < -0.39 is 0 Å². The van der Waals surface area contributed by atoms with E-state index >= 15 is 0 Å². The van der Waals surface area contributed by atoms with Crippen molar-refractivity contribution in [1.29, 1.82) is 0 Å². The van der Waals surface area contributed by atoms with Gasteiger partial charge in [0.15, 0.2) is 0 Å². The van der Waals surface area contributed by atoms with Crippen LogP contribution in [0.5, 0.6) is 0 Å². The number of carbonyl (C=O) groups excluding carboxylic acids is 1. The van der Waals surface area contributed by atoms with E-state index in [1.807, 2.05) is 0 Å². The fraction of sp³-hybridized carbons (Fsp3) is 0.737. The van der Waals surface area contributed by atoms with Crippen molar-refractivity contribution >= 4 is 5.78 Å². The molecule has 1 N–H and O–H groups in total. The number of carbonyl (C=O) groups is 1. The molecule has 2 saturated carbocycles. The van der Waals surface area contributed by atoms with Crippen LogP contribution in [0.3, 0.4) is 0 Å². The first-order valence-electron chi connectivity index (χ1n) is 7.80. The summed E-state index contributed by atoms with van der Waals surface area (Å²) >= 11 is 0. The predicted molar refractivity (Wildman–Crippen MR) is 95.6 cm³/mol. The van der Waals surface area contributed by atoms with Crippen LogP contribution in [0.1, 0.15) is 59.8 Å². The Kier molecular flexibility index (Phi) is 20.6. The van der Waals surface area contributed by atoms with Crippen LogP contribution in [-0.4, -0.2) is 17.9 Å². The van der Waals surface area contributed by atoms with Crippen LogP contribution < -0.4 is 5.32 Å². The van der Waals surface area contributed by atoms with Crippen LogP contribution in [0.2, 0.25) is 0 Å². The van der Waals surface area contributed by atoms with Gasteiger partial charge in [0.05, 0.1) is 5.54 Å². The SMILES string of the molecule is [CH2-]NC1(C(C)=O)CCC1C.[CH2-]OCC1(CC)CCC1C.[CH3-].[CH3-].[Y].[Y]. The molecule has 0 spiro atoms. The summed E-state index contributed by atoms with van der Waals surface area (Å²) in [5.41, 5.74) is 0.210. The molecule has 4 atom stereocenters. The Hall–Kier alpha value is 1.80. The minimum atomic E-state index is -0.278. The molecule has 0 aromatic carbocycles. The second kappa shape index (κ2) is 14.8. The predicted octanol–water partition coefficient (Wildman–Crippen LogP) is 4.64. The van der Waals surface area contributed by atoms with E-state index in [9.17, 15) is 4.79 Å². The van der Waals surface area contributed by atoms with Crippen LogP contribution in [0, 0.1) is 46.3 Å². The van der Waals surface area contributed by atoms with Gasteiger partial charge in [-0.05, 0) is 56.3 Å². The zero-order chi connectivity index (χ0) is 15.4. The molecule has 3 nitrogen and oxygen atoms in total. The van der Waals surface area contributed by atoms with Gasteiger partial charge < -0.3 is 24.9 Å². The number of ketones is 1. The third-order valence-electron chi connectivity index (χ3n) is 5.97. The topological polar surface area (TPSA) is 38.3 Å². The fourth-order valence-electron chi connectivity index (χ4n) is 3.52. The van der Waals surface area contributed by atoms with Crippen LogP contribution in [0.15, 0.2) is 0 Å². The monoisotopic (exact) mass is 489 g/mol. The van der Waals surface area contributed by atoms with E-state index in [2.05, 4.69) is 40.2 Å². The molecule has 0 aliphatic heterocycles. The molecular formula is C19H37NO2Y2-4. The Balaban J connectivity index is -0.000000143. The summed E-state index contributed by atoms with van der Waals surface area (Å²) in [7, 11) is 7.02. The molecule has 5 heteroatoms. The van der Waals surface area contributed by atoms with Gasteiger partial charge in [0.1, 0.15) is 5.78 Å². The number of hydrogen-bond donors (Lipinski definition) is 1. The summed E-state index contributed by atoms with van der Waals surface area (Å²) in [5, 5.41) is 2.86. The van der Waals surface area contributed by atoms with E-state index in [0.29, 0.717) is 11.3 Å². The summed E-state index contributed by atoms with van der Waals surface area (Å²) < 4.78 is 4.96. The summed E-state index contributed by atoms with van der Waals surface area (Å²) in [6.07, 6.45) is 6.04.